The van der Waals surface area contributed by atoms with Gasteiger partial charge in [0.25, 0.3) is 5.56 Å². The highest BCUT2D eigenvalue weighted by Crippen LogP contribution is 2.27. The van der Waals surface area contributed by atoms with Gasteiger partial charge >= 0.3 is 0 Å². The van der Waals surface area contributed by atoms with Crippen molar-refractivity contribution >= 4 is 44.8 Å². The molecule has 0 aliphatic carbocycles. The Labute approximate surface area is 231 Å². The zero-order chi connectivity index (χ0) is 28.9. The maximum absolute atomic E-state index is 12.8. The van der Waals surface area contributed by atoms with Crippen LogP contribution in [0.15, 0.2) is 33.2 Å². The van der Waals surface area contributed by atoms with Gasteiger partial charge in [-0.3, -0.25) is 14.3 Å². The number of aromatic nitrogens is 5. The van der Waals surface area contributed by atoms with Crippen LogP contribution < -0.4 is 16.2 Å². The number of oxime groups is 1. The van der Waals surface area contributed by atoms with Crippen LogP contribution >= 0.6 is 11.6 Å². The highest BCUT2D eigenvalue weighted by Gasteiger charge is 2.27. The Morgan fingerprint density at radius 2 is 1.90 bits per heavy atom. The van der Waals surface area contributed by atoms with E-state index in [-0.39, 0.29) is 27.3 Å². The lowest BCUT2D eigenvalue weighted by molar-refractivity contribution is 0.103. The van der Waals surface area contributed by atoms with Gasteiger partial charge in [-0.05, 0) is 57.0 Å². The first kappa shape index (κ1) is 29.8. The minimum atomic E-state index is -3.52. The molecule has 0 saturated carbocycles. The van der Waals surface area contributed by atoms with E-state index >= 15 is 0 Å². The Balaban J connectivity index is 0.000000255. The molecule has 15 heteroatoms. The van der Waals surface area contributed by atoms with Crippen LogP contribution in [-0.4, -0.2) is 70.1 Å². The van der Waals surface area contributed by atoms with E-state index in [9.17, 15) is 18.0 Å². The molecule has 1 aromatic carbocycles. The summed E-state index contributed by atoms with van der Waals surface area (Å²) in [5.41, 5.74) is 1.12. The summed E-state index contributed by atoms with van der Waals surface area (Å²) in [5.74, 6) is 0.520. The number of carbonyl (C=O) groups is 1. The van der Waals surface area contributed by atoms with Crippen molar-refractivity contribution in [1.29, 1.82) is 0 Å². The van der Waals surface area contributed by atoms with Gasteiger partial charge in [-0.2, -0.15) is 15.0 Å². The Hall–Kier alpha value is -3.78. The second kappa shape index (κ2) is 12.4. The maximum Gasteiger partial charge on any atom is 0.277 e. The van der Waals surface area contributed by atoms with Gasteiger partial charge in [0, 0.05) is 49.6 Å². The van der Waals surface area contributed by atoms with Gasteiger partial charge in [0.15, 0.2) is 15.6 Å². The minimum Gasteiger partial charge on any atom is -0.395 e. The average Bonchev–Trinajstić information content (AvgIpc) is 3.48. The number of hydrogen-bond acceptors (Lipinski definition) is 11. The van der Waals surface area contributed by atoms with Crippen LogP contribution in [0.4, 0.5) is 11.9 Å². The molecule has 0 saturated heterocycles. The van der Waals surface area contributed by atoms with Crippen LogP contribution in [0, 0.1) is 6.92 Å². The molecule has 0 spiro atoms. The third-order valence-corrected chi connectivity index (χ3v) is 6.82. The summed E-state index contributed by atoms with van der Waals surface area (Å²) < 4.78 is 25.5. The molecule has 210 valence electrons. The lowest BCUT2D eigenvalue weighted by atomic mass is 9.93. The molecule has 0 radical (unpaired) electrons. The Morgan fingerprint density at radius 1 is 1.21 bits per heavy atom. The standard InChI is InChI=1S/C16H17N3O5S.C8H14ClN5/c1-9-10(15(20)11-8-17-19(2)16(11)21)4-5-13(25(3,22)23)14(9)12-6-7-24-18-12;1-4-10-7-12-6(9)13-8(14-7)11-5(2)3/h4-5,8,17H,6-7H2,1-3H3;5H,4H2,1-3H3,(H2,10,11,12,13,14). The number of benzene rings is 1. The molecule has 39 heavy (non-hydrogen) atoms. The van der Waals surface area contributed by atoms with Crippen LogP contribution in [0.1, 0.15) is 54.2 Å². The fourth-order valence-corrected chi connectivity index (χ4v) is 4.88. The summed E-state index contributed by atoms with van der Waals surface area (Å²) in [6, 6.07) is 3.08. The number of nitrogens with zero attached hydrogens (tertiary/aromatic N) is 5. The molecule has 3 heterocycles. The van der Waals surface area contributed by atoms with Crippen molar-refractivity contribution in [1.82, 2.24) is 24.7 Å². The van der Waals surface area contributed by atoms with Crippen LogP contribution in [0.2, 0.25) is 5.28 Å². The largest absolute Gasteiger partial charge is 0.395 e. The molecule has 2 aromatic heterocycles. The molecule has 0 amide bonds. The van der Waals surface area contributed by atoms with E-state index < -0.39 is 21.2 Å². The molecule has 0 bridgehead atoms. The Morgan fingerprint density at radius 3 is 2.44 bits per heavy atom. The van der Waals surface area contributed by atoms with Crippen molar-refractivity contribution < 1.29 is 18.0 Å². The second-order valence-electron chi connectivity index (χ2n) is 8.97. The highest BCUT2D eigenvalue weighted by atomic mass is 35.5. The number of aryl methyl sites for hydroxylation is 1. The molecular formula is C24H31ClN8O5S. The summed E-state index contributed by atoms with van der Waals surface area (Å²) in [5, 5.41) is 12.8. The van der Waals surface area contributed by atoms with Crippen LogP contribution in [0.3, 0.4) is 0 Å². The van der Waals surface area contributed by atoms with Gasteiger partial charge in [0.1, 0.15) is 12.2 Å². The molecule has 3 N–H and O–H groups in total. The first-order valence-electron chi connectivity index (χ1n) is 12.1. The van der Waals surface area contributed by atoms with E-state index in [1.54, 1.807) is 6.92 Å². The normalized spacial score (nSPS) is 12.9. The van der Waals surface area contributed by atoms with Crippen LogP contribution in [-0.2, 0) is 21.7 Å². The lowest BCUT2D eigenvalue weighted by Gasteiger charge is -2.13. The van der Waals surface area contributed by atoms with E-state index in [0.717, 1.165) is 12.8 Å². The summed E-state index contributed by atoms with van der Waals surface area (Å²) >= 11 is 5.73. The van der Waals surface area contributed by atoms with Gasteiger partial charge in [-0.15, -0.1) is 0 Å². The SMILES string of the molecule is CCNc1nc(Cl)nc(NC(C)C)n1.Cc1c(C(=O)c2c[nH]n(C)c2=O)ccc(S(C)(=O)=O)c1C1=NOCC1. The zero-order valence-electron chi connectivity index (χ0n) is 22.5. The lowest BCUT2D eigenvalue weighted by Crippen LogP contribution is -2.21. The predicted molar refractivity (Wildman–Crippen MR) is 149 cm³/mol. The van der Waals surface area contributed by atoms with Crippen molar-refractivity contribution in [2.24, 2.45) is 12.2 Å². The van der Waals surface area contributed by atoms with Crippen molar-refractivity contribution in [2.45, 2.75) is 45.1 Å². The van der Waals surface area contributed by atoms with Crippen LogP contribution in [0.25, 0.3) is 0 Å². The van der Waals surface area contributed by atoms with Crippen molar-refractivity contribution in [3.05, 3.63) is 56.2 Å². The maximum atomic E-state index is 12.8. The van der Waals surface area contributed by atoms with E-state index in [1.807, 2.05) is 20.8 Å². The summed E-state index contributed by atoms with van der Waals surface area (Å²) in [4.78, 5) is 41.9. The van der Waals surface area contributed by atoms with Crippen molar-refractivity contribution in [3.8, 4) is 0 Å². The average molecular weight is 579 g/mol. The number of carbonyl (C=O) groups excluding carboxylic acids is 1. The third-order valence-electron chi connectivity index (χ3n) is 5.51. The van der Waals surface area contributed by atoms with Gasteiger partial charge in [0.05, 0.1) is 10.6 Å². The topological polar surface area (TPSA) is 173 Å². The molecule has 1 aliphatic heterocycles. The van der Waals surface area contributed by atoms with Crippen molar-refractivity contribution in [2.75, 3.05) is 30.0 Å². The van der Waals surface area contributed by atoms with E-state index in [0.29, 0.717) is 41.8 Å². The fraction of sp³-hybridized carbons (Fsp3) is 0.417. The number of sulfone groups is 1. The van der Waals surface area contributed by atoms with Gasteiger partial charge in [0.2, 0.25) is 17.2 Å². The number of hydrogen-bond donors (Lipinski definition) is 3. The number of anilines is 2. The number of H-pyrrole nitrogens is 1. The Kier molecular flexibility index (Phi) is 9.45. The first-order valence-corrected chi connectivity index (χ1v) is 14.3. The van der Waals surface area contributed by atoms with Gasteiger partial charge < -0.3 is 20.6 Å². The second-order valence-corrected chi connectivity index (χ2v) is 11.3. The van der Waals surface area contributed by atoms with Gasteiger partial charge in [-0.1, -0.05) is 5.16 Å². The third kappa shape index (κ3) is 7.20. The minimum absolute atomic E-state index is 0.00623. The number of rotatable bonds is 8. The summed E-state index contributed by atoms with van der Waals surface area (Å²) in [6.45, 7) is 8.73. The van der Waals surface area contributed by atoms with E-state index in [4.69, 9.17) is 16.4 Å². The fourth-order valence-electron chi connectivity index (χ4n) is 3.76. The highest BCUT2D eigenvalue weighted by molar-refractivity contribution is 7.90. The number of ketones is 1. The molecule has 13 nitrogen and oxygen atoms in total. The Bertz CT molecular complexity index is 1560. The van der Waals surface area contributed by atoms with E-state index in [1.165, 1.54) is 30.1 Å². The summed E-state index contributed by atoms with van der Waals surface area (Å²) in [6.07, 6.45) is 2.89. The molecule has 4 rings (SSSR count). The molecule has 3 aromatic rings. The smallest absolute Gasteiger partial charge is 0.277 e. The molecule has 0 fully saturated rings. The molecule has 0 unspecified atom stereocenters. The number of halogens is 1. The number of nitrogens with one attached hydrogen (secondary N) is 3. The van der Waals surface area contributed by atoms with E-state index in [2.05, 4.69) is 35.8 Å². The quantitative estimate of drug-likeness (QED) is 0.337. The van der Waals surface area contributed by atoms with Crippen molar-refractivity contribution in [3.63, 3.8) is 0 Å². The zero-order valence-corrected chi connectivity index (χ0v) is 24.1. The predicted octanol–water partition coefficient (Wildman–Crippen LogP) is 2.56. The number of aromatic amines is 1. The molecule has 0 atom stereocenters. The van der Waals surface area contributed by atoms with Gasteiger partial charge in [-0.25, -0.2) is 8.42 Å². The summed E-state index contributed by atoms with van der Waals surface area (Å²) in [7, 11) is -2.02. The molecule has 1 aliphatic rings. The van der Waals surface area contributed by atoms with Crippen LogP contribution in [0.5, 0.6) is 0 Å². The monoisotopic (exact) mass is 578 g/mol. The molecular weight excluding hydrogens is 548 g/mol. The first-order chi connectivity index (χ1) is 18.3.